The number of hydrogen-bond acceptors (Lipinski definition) is 4. The van der Waals surface area contributed by atoms with Gasteiger partial charge in [-0.15, -0.1) is 0 Å². The summed E-state index contributed by atoms with van der Waals surface area (Å²) in [6.45, 7) is 1.05. The summed E-state index contributed by atoms with van der Waals surface area (Å²) in [4.78, 5) is 18.7. The van der Waals surface area contributed by atoms with Crippen molar-refractivity contribution < 1.29 is 13.9 Å². The zero-order valence-electron chi connectivity index (χ0n) is 14.7. The molecule has 0 unspecified atom stereocenters. The largest absolute Gasteiger partial charge is 0.489 e. The number of benzene rings is 2. The summed E-state index contributed by atoms with van der Waals surface area (Å²) in [5.74, 6) is -0.811. The number of carbonyl (C=O) groups excluding carboxylic acids is 1. The van der Waals surface area contributed by atoms with Gasteiger partial charge in [0.2, 0.25) is 0 Å². The summed E-state index contributed by atoms with van der Waals surface area (Å²) in [7, 11) is 3.83. The molecular weight excluding hydrogens is 333 g/mol. The quantitative estimate of drug-likeness (QED) is 0.736. The number of amides is 1. The second-order valence-corrected chi connectivity index (χ2v) is 6.13. The highest BCUT2D eigenvalue weighted by atomic mass is 19.1. The Hall–Kier alpha value is -2.99. The van der Waals surface area contributed by atoms with Crippen LogP contribution in [0.4, 0.5) is 10.1 Å². The summed E-state index contributed by atoms with van der Waals surface area (Å²) >= 11 is 0. The number of pyridine rings is 1. The average molecular weight is 353 g/mol. The zero-order chi connectivity index (χ0) is 18.5. The number of nitrogens with zero attached hydrogens (tertiary/aromatic N) is 2. The van der Waals surface area contributed by atoms with Gasteiger partial charge >= 0.3 is 0 Å². The highest BCUT2D eigenvalue weighted by Gasteiger charge is 2.12. The maximum Gasteiger partial charge on any atom is 0.255 e. The SMILES string of the molecule is CN(C)CCOc1ccc(C(=O)Nc2cccc3ncccc23)cc1F. The van der Waals surface area contributed by atoms with Gasteiger partial charge in [0.05, 0.1) is 11.2 Å². The molecular formula is C20H20FN3O2. The molecule has 1 N–H and O–H groups in total. The number of aromatic nitrogens is 1. The monoisotopic (exact) mass is 353 g/mol. The van der Waals surface area contributed by atoms with Crippen LogP contribution in [-0.4, -0.2) is 43.0 Å². The molecule has 0 saturated carbocycles. The van der Waals surface area contributed by atoms with Crippen molar-refractivity contribution in [1.82, 2.24) is 9.88 Å². The van der Waals surface area contributed by atoms with Crippen LogP contribution in [0.2, 0.25) is 0 Å². The van der Waals surface area contributed by atoms with E-state index in [1.165, 1.54) is 12.1 Å². The maximum atomic E-state index is 14.2. The van der Waals surface area contributed by atoms with Crippen molar-refractivity contribution in [3.63, 3.8) is 0 Å². The Morgan fingerprint density at radius 3 is 2.81 bits per heavy atom. The molecule has 5 nitrogen and oxygen atoms in total. The molecule has 26 heavy (non-hydrogen) atoms. The van der Waals surface area contributed by atoms with E-state index in [2.05, 4.69) is 10.3 Å². The number of nitrogens with one attached hydrogen (secondary N) is 1. The molecule has 1 aromatic heterocycles. The van der Waals surface area contributed by atoms with E-state index in [-0.39, 0.29) is 17.2 Å². The van der Waals surface area contributed by atoms with Crippen LogP contribution >= 0.6 is 0 Å². The van der Waals surface area contributed by atoms with Gasteiger partial charge in [0.1, 0.15) is 6.61 Å². The zero-order valence-corrected chi connectivity index (χ0v) is 14.7. The van der Waals surface area contributed by atoms with Crippen LogP contribution in [-0.2, 0) is 0 Å². The van der Waals surface area contributed by atoms with Gasteiger partial charge in [0.25, 0.3) is 5.91 Å². The number of fused-ring (bicyclic) bond motifs is 1. The van der Waals surface area contributed by atoms with E-state index >= 15 is 0 Å². The van der Waals surface area contributed by atoms with Crippen LogP contribution in [0, 0.1) is 5.82 Å². The molecule has 134 valence electrons. The smallest absolute Gasteiger partial charge is 0.255 e. The normalized spacial score (nSPS) is 10.9. The number of hydrogen-bond donors (Lipinski definition) is 1. The minimum atomic E-state index is -0.559. The molecule has 6 heteroatoms. The van der Waals surface area contributed by atoms with Crippen LogP contribution in [0.25, 0.3) is 10.9 Å². The maximum absolute atomic E-state index is 14.2. The molecule has 0 atom stereocenters. The molecule has 0 saturated heterocycles. The van der Waals surface area contributed by atoms with Crippen LogP contribution < -0.4 is 10.1 Å². The van der Waals surface area contributed by atoms with Crippen molar-refractivity contribution in [3.8, 4) is 5.75 Å². The molecule has 0 fully saturated rings. The van der Waals surface area contributed by atoms with E-state index < -0.39 is 5.82 Å². The number of carbonyl (C=O) groups is 1. The number of ether oxygens (including phenoxy) is 1. The van der Waals surface area contributed by atoms with Crippen molar-refractivity contribution in [3.05, 3.63) is 66.1 Å². The Morgan fingerprint density at radius 1 is 1.19 bits per heavy atom. The molecule has 3 rings (SSSR count). The van der Waals surface area contributed by atoms with Crippen LogP contribution in [0.3, 0.4) is 0 Å². The van der Waals surface area contributed by atoms with Gasteiger partial charge in [0.15, 0.2) is 11.6 Å². The first-order valence-electron chi connectivity index (χ1n) is 8.27. The molecule has 0 aliphatic carbocycles. The van der Waals surface area contributed by atoms with E-state index in [1.807, 2.05) is 37.2 Å². The lowest BCUT2D eigenvalue weighted by molar-refractivity contribution is 0.102. The lowest BCUT2D eigenvalue weighted by Crippen LogP contribution is -2.19. The van der Waals surface area contributed by atoms with Crippen LogP contribution in [0.1, 0.15) is 10.4 Å². The van der Waals surface area contributed by atoms with Gasteiger partial charge < -0.3 is 15.0 Å². The Labute approximate surface area is 151 Å². The van der Waals surface area contributed by atoms with Crippen molar-refractivity contribution in [1.29, 1.82) is 0 Å². The summed E-state index contributed by atoms with van der Waals surface area (Å²) in [6, 6.07) is 13.4. The molecule has 0 spiro atoms. The lowest BCUT2D eigenvalue weighted by atomic mass is 10.1. The second-order valence-electron chi connectivity index (χ2n) is 6.13. The predicted octanol–water partition coefficient (Wildman–Crippen LogP) is 3.57. The molecule has 1 amide bonds. The van der Waals surface area contributed by atoms with Crippen LogP contribution in [0.15, 0.2) is 54.7 Å². The van der Waals surface area contributed by atoms with E-state index in [4.69, 9.17) is 4.74 Å². The number of likely N-dealkylation sites (N-methyl/N-ethyl adjacent to an activating group) is 1. The third kappa shape index (κ3) is 4.15. The van der Waals surface area contributed by atoms with Crippen molar-refractivity contribution in [2.75, 3.05) is 32.6 Å². The molecule has 3 aromatic rings. The first-order chi connectivity index (χ1) is 12.5. The van der Waals surface area contributed by atoms with Gasteiger partial charge in [-0.3, -0.25) is 9.78 Å². The third-order valence-corrected chi connectivity index (χ3v) is 3.88. The minimum Gasteiger partial charge on any atom is -0.489 e. The van der Waals surface area contributed by atoms with E-state index in [0.717, 1.165) is 10.9 Å². The van der Waals surface area contributed by atoms with Crippen molar-refractivity contribution in [2.45, 2.75) is 0 Å². The topological polar surface area (TPSA) is 54.5 Å². The number of anilines is 1. The Kier molecular flexibility index (Phi) is 5.43. The molecule has 0 radical (unpaired) electrons. The van der Waals surface area contributed by atoms with Gasteiger partial charge in [-0.2, -0.15) is 0 Å². The fourth-order valence-corrected chi connectivity index (χ4v) is 2.50. The Bertz CT molecular complexity index is 923. The Morgan fingerprint density at radius 2 is 2.04 bits per heavy atom. The number of halogens is 1. The van der Waals surface area contributed by atoms with E-state index in [1.54, 1.807) is 24.4 Å². The third-order valence-electron chi connectivity index (χ3n) is 3.88. The lowest BCUT2D eigenvalue weighted by Gasteiger charge is -2.12. The van der Waals surface area contributed by atoms with Crippen molar-refractivity contribution in [2.24, 2.45) is 0 Å². The van der Waals surface area contributed by atoms with E-state index in [0.29, 0.717) is 18.8 Å². The average Bonchev–Trinajstić information content (AvgIpc) is 2.63. The number of rotatable bonds is 6. The van der Waals surface area contributed by atoms with E-state index in [9.17, 15) is 9.18 Å². The molecule has 1 heterocycles. The summed E-state index contributed by atoms with van der Waals surface area (Å²) in [6.07, 6.45) is 1.69. The summed E-state index contributed by atoms with van der Waals surface area (Å²) in [5.41, 5.74) is 1.64. The highest BCUT2D eigenvalue weighted by Crippen LogP contribution is 2.23. The second kappa shape index (κ2) is 7.93. The molecule has 0 bridgehead atoms. The van der Waals surface area contributed by atoms with Crippen LogP contribution in [0.5, 0.6) is 5.75 Å². The van der Waals surface area contributed by atoms with Gasteiger partial charge in [-0.05, 0) is 56.6 Å². The first kappa shape index (κ1) is 17.8. The summed E-state index contributed by atoms with van der Waals surface area (Å²) in [5, 5.41) is 3.64. The first-order valence-corrected chi connectivity index (χ1v) is 8.27. The fourth-order valence-electron chi connectivity index (χ4n) is 2.50. The molecule has 0 aliphatic rings. The van der Waals surface area contributed by atoms with Gasteiger partial charge in [-0.25, -0.2) is 4.39 Å². The summed E-state index contributed by atoms with van der Waals surface area (Å²) < 4.78 is 19.6. The molecule has 2 aromatic carbocycles. The minimum absolute atomic E-state index is 0.137. The van der Waals surface area contributed by atoms with Crippen molar-refractivity contribution >= 4 is 22.5 Å². The van der Waals surface area contributed by atoms with Gasteiger partial charge in [0, 0.05) is 23.7 Å². The van der Waals surface area contributed by atoms with Gasteiger partial charge in [-0.1, -0.05) is 6.07 Å². The fraction of sp³-hybridized carbons (Fsp3) is 0.200. The Balaban J connectivity index is 1.74. The highest BCUT2D eigenvalue weighted by molar-refractivity contribution is 6.08. The standard InChI is InChI=1S/C20H20FN3O2/c1-24(2)11-12-26-19-9-8-14(13-16(19)21)20(25)23-18-7-3-6-17-15(18)5-4-10-22-17/h3-10,13H,11-12H2,1-2H3,(H,23,25). The predicted molar refractivity (Wildman–Crippen MR) is 100 cm³/mol. The molecule has 0 aliphatic heterocycles.